The molecule has 1 aromatic heterocycles. The molecular formula is C13H23N5O. The van der Waals surface area contributed by atoms with Gasteiger partial charge in [-0.05, 0) is 18.3 Å². The zero-order valence-corrected chi connectivity index (χ0v) is 11.8. The van der Waals surface area contributed by atoms with Crippen LogP contribution >= 0.6 is 0 Å². The third kappa shape index (κ3) is 3.13. The smallest absolute Gasteiger partial charge is 0.148 e. The Morgan fingerprint density at radius 2 is 2.11 bits per heavy atom. The quantitative estimate of drug-likeness (QED) is 0.568. The molecule has 2 rings (SSSR count). The van der Waals surface area contributed by atoms with Crippen molar-refractivity contribution in [3.8, 4) is 0 Å². The van der Waals surface area contributed by atoms with Gasteiger partial charge in [-0.2, -0.15) is 0 Å². The standard InChI is InChI=1S/C13H23N5O/c1-8(2)11-12(15-7-16-13(11)18-14)17-10-4-5-19-6-9(10)3/h7-10H,4-6,14H2,1-3H3,(H2,15,16,17,18). The third-order valence-electron chi connectivity index (χ3n) is 3.56. The molecule has 2 heterocycles. The first-order valence-corrected chi connectivity index (χ1v) is 6.79. The highest BCUT2D eigenvalue weighted by atomic mass is 16.5. The second-order valence-corrected chi connectivity index (χ2v) is 5.38. The Morgan fingerprint density at radius 1 is 1.37 bits per heavy atom. The van der Waals surface area contributed by atoms with Crippen LogP contribution in [0, 0.1) is 5.92 Å². The summed E-state index contributed by atoms with van der Waals surface area (Å²) in [4.78, 5) is 8.56. The molecule has 0 aliphatic carbocycles. The Morgan fingerprint density at radius 3 is 2.74 bits per heavy atom. The van der Waals surface area contributed by atoms with E-state index in [9.17, 15) is 0 Å². The fraction of sp³-hybridized carbons (Fsp3) is 0.692. The van der Waals surface area contributed by atoms with Crippen LogP contribution in [0.4, 0.5) is 11.6 Å². The zero-order valence-electron chi connectivity index (χ0n) is 11.8. The van der Waals surface area contributed by atoms with E-state index in [0.29, 0.717) is 23.7 Å². The molecule has 0 saturated carbocycles. The highest BCUT2D eigenvalue weighted by molar-refractivity contribution is 5.58. The summed E-state index contributed by atoms with van der Waals surface area (Å²) < 4.78 is 5.47. The molecule has 2 atom stereocenters. The van der Waals surface area contributed by atoms with Crippen LogP contribution in [-0.4, -0.2) is 29.2 Å². The van der Waals surface area contributed by atoms with E-state index in [1.165, 1.54) is 6.33 Å². The van der Waals surface area contributed by atoms with Crippen molar-refractivity contribution in [2.45, 2.75) is 39.2 Å². The molecule has 0 radical (unpaired) electrons. The number of hydrazine groups is 1. The van der Waals surface area contributed by atoms with Crippen molar-refractivity contribution < 1.29 is 4.74 Å². The van der Waals surface area contributed by atoms with Crippen LogP contribution in [0.25, 0.3) is 0 Å². The molecule has 1 fully saturated rings. The summed E-state index contributed by atoms with van der Waals surface area (Å²) in [5.74, 6) is 7.86. The van der Waals surface area contributed by atoms with Crippen molar-refractivity contribution in [2.24, 2.45) is 11.8 Å². The number of rotatable bonds is 4. The Bertz CT molecular complexity index is 423. The molecule has 1 aliphatic rings. The summed E-state index contributed by atoms with van der Waals surface area (Å²) >= 11 is 0. The maximum absolute atomic E-state index is 5.53. The summed E-state index contributed by atoms with van der Waals surface area (Å²) in [6.45, 7) is 8.00. The molecule has 1 aromatic rings. The normalized spacial score (nSPS) is 23.4. The minimum atomic E-state index is 0.296. The number of nitrogen functional groups attached to an aromatic ring is 1. The lowest BCUT2D eigenvalue weighted by atomic mass is 9.97. The topological polar surface area (TPSA) is 85.1 Å². The summed E-state index contributed by atoms with van der Waals surface area (Å²) in [5, 5.41) is 3.53. The van der Waals surface area contributed by atoms with Gasteiger partial charge in [0.1, 0.15) is 18.0 Å². The average molecular weight is 265 g/mol. The number of anilines is 2. The van der Waals surface area contributed by atoms with Gasteiger partial charge in [0, 0.05) is 18.2 Å². The average Bonchev–Trinajstić information content (AvgIpc) is 2.40. The van der Waals surface area contributed by atoms with E-state index in [1.807, 2.05) is 0 Å². The van der Waals surface area contributed by atoms with E-state index in [0.717, 1.165) is 31.0 Å². The molecule has 0 amide bonds. The molecule has 6 nitrogen and oxygen atoms in total. The second-order valence-electron chi connectivity index (χ2n) is 5.38. The molecule has 1 saturated heterocycles. The van der Waals surface area contributed by atoms with Crippen LogP contribution in [0.5, 0.6) is 0 Å². The van der Waals surface area contributed by atoms with Crippen molar-refractivity contribution in [1.29, 1.82) is 0 Å². The molecule has 4 N–H and O–H groups in total. The second kappa shape index (κ2) is 6.16. The van der Waals surface area contributed by atoms with Gasteiger partial charge in [0.15, 0.2) is 0 Å². The predicted octanol–water partition coefficient (Wildman–Crippen LogP) is 1.72. The Hall–Kier alpha value is -1.40. The number of hydrogen-bond donors (Lipinski definition) is 3. The van der Waals surface area contributed by atoms with Crippen molar-refractivity contribution in [3.05, 3.63) is 11.9 Å². The number of hydrogen-bond acceptors (Lipinski definition) is 6. The van der Waals surface area contributed by atoms with E-state index >= 15 is 0 Å². The van der Waals surface area contributed by atoms with Gasteiger partial charge in [-0.15, -0.1) is 0 Å². The lowest BCUT2D eigenvalue weighted by Crippen LogP contribution is -2.36. The summed E-state index contributed by atoms with van der Waals surface area (Å²) in [7, 11) is 0. The number of ether oxygens (including phenoxy) is 1. The van der Waals surface area contributed by atoms with Gasteiger partial charge >= 0.3 is 0 Å². The molecule has 0 bridgehead atoms. The summed E-state index contributed by atoms with van der Waals surface area (Å²) in [5.41, 5.74) is 3.68. The first-order chi connectivity index (χ1) is 9.13. The van der Waals surface area contributed by atoms with Crippen molar-refractivity contribution in [3.63, 3.8) is 0 Å². The fourth-order valence-corrected chi connectivity index (χ4v) is 2.44. The summed E-state index contributed by atoms with van der Waals surface area (Å²) in [6.07, 6.45) is 2.53. The van der Waals surface area contributed by atoms with E-state index in [2.05, 4.69) is 41.5 Å². The van der Waals surface area contributed by atoms with Crippen LogP contribution in [0.3, 0.4) is 0 Å². The lowest BCUT2D eigenvalue weighted by Gasteiger charge is -2.31. The largest absolute Gasteiger partial charge is 0.381 e. The van der Waals surface area contributed by atoms with Crippen LogP contribution in [0.1, 0.15) is 38.7 Å². The molecule has 2 unspecified atom stereocenters. The van der Waals surface area contributed by atoms with Crippen molar-refractivity contribution >= 4 is 11.6 Å². The number of nitrogens with one attached hydrogen (secondary N) is 2. The van der Waals surface area contributed by atoms with Crippen molar-refractivity contribution in [2.75, 3.05) is 24.0 Å². The highest BCUT2D eigenvalue weighted by Gasteiger charge is 2.24. The van der Waals surface area contributed by atoms with Gasteiger partial charge in [-0.3, -0.25) is 0 Å². The molecule has 19 heavy (non-hydrogen) atoms. The van der Waals surface area contributed by atoms with Gasteiger partial charge in [-0.1, -0.05) is 20.8 Å². The molecule has 0 spiro atoms. The van der Waals surface area contributed by atoms with Gasteiger partial charge in [0.25, 0.3) is 0 Å². The minimum absolute atomic E-state index is 0.296. The van der Waals surface area contributed by atoms with Crippen LogP contribution in [0.2, 0.25) is 0 Å². The Labute approximate surface area is 114 Å². The third-order valence-corrected chi connectivity index (χ3v) is 3.56. The summed E-state index contributed by atoms with van der Waals surface area (Å²) in [6, 6.07) is 0.381. The van der Waals surface area contributed by atoms with Crippen LogP contribution in [0.15, 0.2) is 6.33 Å². The SMILES string of the molecule is CC(C)c1c(NN)ncnc1NC1CCOCC1C. The van der Waals surface area contributed by atoms with Gasteiger partial charge in [0.05, 0.1) is 6.61 Å². The van der Waals surface area contributed by atoms with Crippen molar-refractivity contribution in [1.82, 2.24) is 9.97 Å². The first kappa shape index (κ1) is 14.0. The molecule has 0 aromatic carbocycles. The van der Waals surface area contributed by atoms with E-state index in [4.69, 9.17) is 10.6 Å². The van der Waals surface area contributed by atoms with E-state index in [-0.39, 0.29) is 0 Å². The zero-order chi connectivity index (χ0) is 13.8. The highest BCUT2D eigenvalue weighted by Crippen LogP contribution is 2.29. The van der Waals surface area contributed by atoms with E-state index < -0.39 is 0 Å². The van der Waals surface area contributed by atoms with E-state index in [1.54, 1.807) is 0 Å². The molecular weight excluding hydrogens is 242 g/mol. The fourth-order valence-electron chi connectivity index (χ4n) is 2.44. The number of aromatic nitrogens is 2. The van der Waals surface area contributed by atoms with Gasteiger partial charge < -0.3 is 15.5 Å². The van der Waals surface area contributed by atoms with Crippen LogP contribution in [-0.2, 0) is 4.74 Å². The van der Waals surface area contributed by atoms with Gasteiger partial charge in [0.2, 0.25) is 0 Å². The monoisotopic (exact) mass is 265 g/mol. The Balaban J connectivity index is 2.23. The lowest BCUT2D eigenvalue weighted by molar-refractivity contribution is 0.0536. The Kier molecular flexibility index (Phi) is 4.55. The predicted molar refractivity (Wildman–Crippen MR) is 75.9 cm³/mol. The molecule has 6 heteroatoms. The maximum atomic E-state index is 5.53. The number of nitrogens with zero attached hydrogens (tertiary/aromatic N) is 2. The van der Waals surface area contributed by atoms with Gasteiger partial charge in [-0.25, -0.2) is 15.8 Å². The minimum Gasteiger partial charge on any atom is -0.381 e. The molecule has 1 aliphatic heterocycles. The maximum Gasteiger partial charge on any atom is 0.148 e. The van der Waals surface area contributed by atoms with Crippen LogP contribution < -0.4 is 16.6 Å². The molecule has 106 valence electrons. The number of nitrogens with two attached hydrogens (primary N) is 1. The first-order valence-electron chi connectivity index (χ1n) is 6.79.